The number of methoxy groups -OCH3 is 1. The van der Waals surface area contributed by atoms with Gasteiger partial charge in [-0.1, -0.05) is 12.1 Å². The predicted octanol–water partition coefficient (Wildman–Crippen LogP) is 3.44. The van der Waals surface area contributed by atoms with Crippen molar-refractivity contribution in [3.63, 3.8) is 0 Å². The van der Waals surface area contributed by atoms with Crippen LogP contribution in [-0.4, -0.2) is 34.9 Å². The third-order valence-corrected chi connectivity index (χ3v) is 5.02. The number of hydrogen-bond donors (Lipinski definition) is 1. The number of rotatable bonds is 3. The molecule has 2 aromatic heterocycles. The fourth-order valence-corrected chi connectivity index (χ4v) is 3.62. The van der Waals surface area contributed by atoms with E-state index in [2.05, 4.69) is 10.1 Å². The van der Waals surface area contributed by atoms with Gasteiger partial charge in [0.1, 0.15) is 24.6 Å². The lowest BCUT2D eigenvalue weighted by atomic mass is 10.1. The van der Waals surface area contributed by atoms with Gasteiger partial charge in [0, 0.05) is 17.2 Å². The number of fused-ring (bicyclic) bond motifs is 2. The van der Waals surface area contributed by atoms with Crippen molar-refractivity contribution in [3.8, 4) is 39.6 Å². The van der Waals surface area contributed by atoms with E-state index in [0.29, 0.717) is 36.1 Å². The van der Waals surface area contributed by atoms with Gasteiger partial charge in [-0.15, -0.1) is 0 Å². The van der Waals surface area contributed by atoms with Crippen molar-refractivity contribution < 1.29 is 14.2 Å². The van der Waals surface area contributed by atoms with Gasteiger partial charge in [0.15, 0.2) is 11.5 Å². The zero-order valence-corrected chi connectivity index (χ0v) is 16.1. The molecule has 3 heterocycles. The molecule has 2 aromatic carbocycles. The Hall–Kier alpha value is -3.74. The molecular formula is C22H19N3O4. The van der Waals surface area contributed by atoms with E-state index in [0.717, 1.165) is 28.1 Å². The van der Waals surface area contributed by atoms with Crippen molar-refractivity contribution in [2.45, 2.75) is 6.92 Å². The quantitative estimate of drug-likeness (QED) is 0.581. The highest BCUT2D eigenvalue weighted by Crippen LogP contribution is 2.34. The molecule has 0 aliphatic carbocycles. The number of aromatic amines is 1. The smallest absolute Gasteiger partial charge is 0.274 e. The molecule has 1 N–H and O–H groups in total. The van der Waals surface area contributed by atoms with Gasteiger partial charge in [0.2, 0.25) is 0 Å². The van der Waals surface area contributed by atoms with Crippen molar-refractivity contribution in [1.29, 1.82) is 0 Å². The molecule has 0 saturated carbocycles. The second-order valence-electron chi connectivity index (χ2n) is 6.83. The van der Waals surface area contributed by atoms with E-state index in [1.54, 1.807) is 13.2 Å². The highest BCUT2D eigenvalue weighted by Gasteiger charge is 2.17. The zero-order chi connectivity index (χ0) is 20.0. The molecule has 146 valence electrons. The lowest BCUT2D eigenvalue weighted by molar-refractivity contribution is 0.171. The first-order chi connectivity index (χ1) is 14.1. The average molecular weight is 389 g/mol. The molecule has 1 aliphatic heterocycles. The Labute approximate surface area is 166 Å². The third kappa shape index (κ3) is 2.91. The number of nitrogens with one attached hydrogen (secondary N) is 1. The average Bonchev–Trinajstić information content (AvgIpc) is 3.10. The molecule has 0 saturated heterocycles. The van der Waals surface area contributed by atoms with Crippen LogP contribution in [0.5, 0.6) is 17.2 Å². The van der Waals surface area contributed by atoms with Crippen LogP contribution in [0.25, 0.3) is 28.0 Å². The van der Waals surface area contributed by atoms with Crippen LogP contribution in [-0.2, 0) is 0 Å². The minimum absolute atomic E-state index is 0.202. The zero-order valence-electron chi connectivity index (χ0n) is 16.1. The fourth-order valence-electron chi connectivity index (χ4n) is 3.62. The largest absolute Gasteiger partial charge is 0.497 e. The van der Waals surface area contributed by atoms with Crippen LogP contribution in [0.15, 0.2) is 53.3 Å². The molecule has 0 fully saturated rings. The van der Waals surface area contributed by atoms with E-state index in [1.165, 1.54) is 4.52 Å². The maximum absolute atomic E-state index is 12.8. The van der Waals surface area contributed by atoms with Gasteiger partial charge >= 0.3 is 0 Å². The molecule has 1 aliphatic rings. The van der Waals surface area contributed by atoms with E-state index in [1.807, 2.05) is 49.4 Å². The molecule has 7 nitrogen and oxygen atoms in total. The van der Waals surface area contributed by atoms with Gasteiger partial charge in [-0.25, -0.2) is 0 Å². The van der Waals surface area contributed by atoms with Gasteiger partial charge in [-0.05, 0) is 42.8 Å². The van der Waals surface area contributed by atoms with E-state index < -0.39 is 0 Å². The maximum atomic E-state index is 12.8. The Kier molecular flexibility index (Phi) is 4.01. The minimum atomic E-state index is -0.202. The summed E-state index contributed by atoms with van der Waals surface area (Å²) in [5, 5.41) is 4.43. The van der Waals surface area contributed by atoms with Gasteiger partial charge in [-0.3, -0.25) is 4.79 Å². The topological polar surface area (TPSA) is 77.8 Å². The summed E-state index contributed by atoms with van der Waals surface area (Å²) in [6.45, 7) is 2.94. The lowest BCUT2D eigenvalue weighted by Gasteiger charge is -2.18. The molecule has 29 heavy (non-hydrogen) atoms. The summed E-state index contributed by atoms with van der Waals surface area (Å²) in [6, 6.07) is 14.9. The third-order valence-electron chi connectivity index (χ3n) is 5.02. The molecule has 4 aromatic rings. The molecule has 0 bridgehead atoms. The van der Waals surface area contributed by atoms with Crippen molar-refractivity contribution in [3.05, 3.63) is 64.6 Å². The summed E-state index contributed by atoms with van der Waals surface area (Å²) in [4.78, 5) is 16.1. The van der Waals surface area contributed by atoms with E-state index in [-0.39, 0.29) is 5.56 Å². The molecule has 7 heteroatoms. The Morgan fingerprint density at radius 2 is 1.72 bits per heavy atom. The van der Waals surface area contributed by atoms with E-state index in [9.17, 15) is 4.79 Å². The maximum Gasteiger partial charge on any atom is 0.274 e. The number of H-pyrrole nitrogens is 1. The highest BCUT2D eigenvalue weighted by molar-refractivity contribution is 5.81. The van der Waals surface area contributed by atoms with Crippen molar-refractivity contribution in [2.24, 2.45) is 0 Å². The molecule has 5 rings (SSSR count). The number of aromatic nitrogens is 3. The van der Waals surface area contributed by atoms with Crippen molar-refractivity contribution >= 4 is 5.65 Å². The molecule has 0 radical (unpaired) electrons. The van der Waals surface area contributed by atoms with Crippen LogP contribution in [0.1, 0.15) is 5.69 Å². The molecule has 0 spiro atoms. The first kappa shape index (κ1) is 17.4. The van der Waals surface area contributed by atoms with Crippen LogP contribution >= 0.6 is 0 Å². The number of ether oxygens (including phenoxy) is 3. The van der Waals surface area contributed by atoms with Gasteiger partial charge in [0.05, 0.1) is 18.5 Å². The highest BCUT2D eigenvalue weighted by atomic mass is 16.6. The summed E-state index contributed by atoms with van der Waals surface area (Å²) >= 11 is 0. The number of benzene rings is 2. The second kappa shape index (κ2) is 6.70. The van der Waals surface area contributed by atoms with Crippen LogP contribution < -0.4 is 19.8 Å². The standard InChI is InChI=1S/C22H19N3O4/c1-13-21(14-3-6-16(27-2)7-4-14)22-23-17(12-20(26)25(22)24-13)15-5-8-18-19(11-15)29-10-9-28-18/h3-8,11-12,23H,9-10H2,1-2H3. The first-order valence-corrected chi connectivity index (χ1v) is 9.31. The summed E-state index contributed by atoms with van der Waals surface area (Å²) in [7, 11) is 1.63. The van der Waals surface area contributed by atoms with Crippen LogP contribution in [0, 0.1) is 6.92 Å². The van der Waals surface area contributed by atoms with Crippen LogP contribution in [0.2, 0.25) is 0 Å². The molecule has 0 atom stereocenters. The Bertz CT molecular complexity index is 1270. The first-order valence-electron chi connectivity index (χ1n) is 9.31. The Morgan fingerprint density at radius 1 is 1.00 bits per heavy atom. The van der Waals surface area contributed by atoms with Gasteiger partial charge in [0.25, 0.3) is 5.56 Å². The molecular weight excluding hydrogens is 370 g/mol. The van der Waals surface area contributed by atoms with Crippen LogP contribution in [0.4, 0.5) is 0 Å². The molecule has 0 amide bonds. The van der Waals surface area contributed by atoms with E-state index >= 15 is 0 Å². The van der Waals surface area contributed by atoms with Crippen molar-refractivity contribution in [1.82, 2.24) is 14.6 Å². The Balaban J connectivity index is 1.68. The minimum Gasteiger partial charge on any atom is -0.497 e. The summed E-state index contributed by atoms with van der Waals surface area (Å²) in [5.41, 5.74) is 4.57. The number of aryl methyl sites for hydroxylation is 1. The van der Waals surface area contributed by atoms with Crippen LogP contribution in [0.3, 0.4) is 0 Å². The monoisotopic (exact) mass is 389 g/mol. The lowest BCUT2D eigenvalue weighted by Crippen LogP contribution is -2.16. The molecule has 0 unspecified atom stereocenters. The van der Waals surface area contributed by atoms with E-state index in [4.69, 9.17) is 14.2 Å². The number of nitrogens with zero attached hydrogens (tertiary/aromatic N) is 2. The number of hydrogen-bond acceptors (Lipinski definition) is 5. The summed E-state index contributed by atoms with van der Waals surface area (Å²) in [6.07, 6.45) is 0. The fraction of sp³-hybridized carbons (Fsp3) is 0.182. The van der Waals surface area contributed by atoms with Crippen molar-refractivity contribution in [2.75, 3.05) is 20.3 Å². The Morgan fingerprint density at radius 3 is 2.48 bits per heavy atom. The van der Waals surface area contributed by atoms with Gasteiger partial charge in [-0.2, -0.15) is 9.61 Å². The second-order valence-corrected chi connectivity index (χ2v) is 6.83. The summed E-state index contributed by atoms with van der Waals surface area (Å²) in [5.74, 6) is 2.16. The van der Waals surface area contributed by atoms with Gasteiger partial charge < -0.3 is 19.2 Å². The predicted molar refractivity (Wildman–Crippen MR) is 109 cm³/mol. The normalized spacial score (nSPS) is 12.9. The SMILES string of the molecule is COc1ccc(-c2c(C)nn3c(=O)cc(-c4ccc5c(c4)OCCO5)[nH]c23)cc1. The summed E-state index contributed by atoms with van der Waals surface area (Å²) < 4.78 is 17.9.